The summed E-state index contributed by atoms with van der Waals surface area (Å²) in [6, 6.07) is 0.879. The number of carbonyl (C=O) groups excluding carboxylic acids is 1. The molecule has 0 aliphatic carbocycles. The van der Waals surface area contributed by atoms with Gasteiger partial charge >= 0.3 is 0 Å². The summed E-state index contributed by atoms with van der Waals surface area (Å²) in [5, 5.41) is 4.06. The zero-order valence-electron chi connectivity index (χ0n) is 11.7. The van der Waals surface area contributed by atoms with E-state index in [1.165, 1.54) is 32.1 Å². The molecule has 2 saturated heterocycles. The molecule has 0 radical (unpaired) electrons. The largest absolute Gasteiger partial charge is 0.337 e. The van der Waals surface area contributed by atoms with E-state index in [1.54, 1.807) is 0 Å². The molecular formula is C14H26N2OS. The van der Waals surface area contributed by atoms with Crippen LogP contribution in [0.25, 0.3) is 0 Å². The Hall–Kier alpha value is -0.220. The van der Waals surface area contributed by atoms with Crippen molar-refractivity contribution in [2.75, 3.05) is 18.8 Å². The molecule has 0 bridgehead atoms. The fourth-order valence-electron chi connectivity index (χ4n) is 3.14. The zero-order chi connectivity index (χ0) is 13.0. The first-order chi connectivity index (χ1) is 8.68. The third kappa shape index (κ3) is 3.64. The average Bonchev–Trinajstić information content (AvgIpc) is 2.37. The first kappa shape index (κ1) is 14.2. The predicted octanol–water partition coefficient (Wildman–Crippen LogP) is 2.26. The van der Waals surface area contributed by atoms with Crippen LogP contribution in [0, 0.1) is 0 Å². The second-order valence-electron chi connectivity index (χ2n) is 5.69. The van der Waals surface area contributed by atoms with Crippen molar-refractivity contribution in [3.63, 3.8) is 0 Å². The molecule has 1 amide bonds. The van der Waals surface area contributed by atoms with E-state index in [0.29, 0.717) is 29.0 Å². The van der Waals surface area contributed by atoms with Crippen LogP contribution < -0.4 is 5.32 Å². The zero-order valence-corrected chi connectivity index (χ0v) is 12.5. The number of piperidine rings is 2. The molecular weight excluding hydrogens is 244 g/mol. The van der Waals surface area contributed by atoms with Crippen molar-refractivity contribution in [2.45, 2.75) is 63.3 Å². The van der Waals surface area contributed by atoms with Crippen molar-refractivity contribution in [3.8, 4) is 0 Å². The Balaban J connectivity index is 1.79. The molecule has 2 fully saturated rings. The fraction of sp³-hybridized carbons (Fsp3) is 0.929. The van der Waals surface area contributed by atoms with Gasteiger partial charge in [0.1, 0.15) is 0 Å². The van der Waals surface area contributed by atoms with Crippen LogP contribution in [0.2, 0.25) is 0 Å². The Morgan fingerprint density at radius 2 is 1.78 bits per heavy atom. The van der Waals surface area contributed by atoms with E-state index >= 15 is 0 Å². The fourth-order valence-corrected chi connectivity index (χ4v) is 4.24. The van der Waals surface area contributed by atoms with E-state index in [4.69, 9.17) is 0 Å². The molecule has 0 aromatic heterocycles. The van der Waals surface area contributed by atoms with Gasteiger partial charge in [-0.1, -0.05) is 0 Å². The Labute approximate surface area is 115 Å². The van der Waals surface area contributed by atoms with E-state index in [2.05, 4.69) is 24.1 Å². The maximum Gasteiger partial charge on any atom is 0.233 e. The van der Waals surface area contributed by atoms with Gasteiger partial charge in [-0.2, -0.15) is 0 Å². The van der Waals surface area contributed by atoms with E-state index in [-0.39, 0.29) is 0 Å². The van der Waals surface area contributed by atoms with Crippen LogP contribution in [0.1, 0.15) is 46.0 Å². The highest BCUT2D eigenvalue weighted by atomic mass is 32.2. The van der Waals surface area contributed by atoms with Gasteiger partial charge in [0.25, 0.3) is 0 Å². The summed E-state index contributed by atoms with van der Waals surface area (Å²) < 4.78 is 0. The van der Waals surface area contributed by atoms with Crippen molar-refractivity contribution >= 4 is 17.7 Å². The van der Waals surface area contributed by atoms with Crippen LogP contribution in [0.5, 0.6) is 0 Å². The summed E-state index contributed by atoms with van der Waals surface area (Å²) in [6.45, 7) is 6.62. The lowest BCUT2D eigenvalue weighted by atomic mass is 9.98. The van der Waals surface area contributed by atoms with Crippen molar-refractivity contribution in [1.82, 2.24) is 10.2 Å². The Morgan fingerprint density at radius 3 is 2.39 bits per heavy atom. The molecule has 0 saturated carbocycles. The highest BCUT2D eigenvalue weighted by Gasteiger charge is 2.29. The van der Waals surface area contributed by atoms with Gasteiger partial charge in [-0.05, 0) is 59.0 Å². The first-order valence-corrected chi connectivity index (χ1v) is 8.37. The van der Waals surface area contributed by atoms with Crippen molar-refractivity contribution in [1.29, 1.82) is 0 Å². The molecule has 2 rings (SSSR count). The van der Waals surface area contributed by atoms with Gasteiger partial charge in [0.15, 0.2) is 0 Å². The standard InChI is InChI=1S/C14H26N2OS/c1-11-4-3-5-12(2)16(11)14(17)10-18-13-6-8-15-9-7-13/h11-13,15H,3-10H2,1-2H3/t11-,12+. The van der Waals surface area contributed by atoms with Crippen LogP contribution >= 0.6 is 11.8 Å². The summed E-state index contributed by atoms with van der Waals surface area (Å²) >= 11 is 1.87. The second kappa shape index (κ2) is 6.80. The van der Waals surface area contributed by atoms with Gasteiger partial charge in [-0.3, -0.25) is 4.79 Å². The minimum Gasteiger partial charge on any atom is -0.337 e. The Bertz CT molecular complexity index is 269. The Morgan fingerprint density at radius 1 is 1.17 bits per heavy atom. The maximum absolute atomic E-state index is 12.4. The molecule has 18 heavy (non-hydrogen) atoms. The van der Waals surface area contributed by atoms with Crippen molar-refractivity contribution in [3.05, 3.63) is 0 Å². The maximum atomic E-state index is 12.4. The van der Waals surface area contributed by atoms with Crippen LogP contribution in [0.15, 0.2) is 0 Å². The number of carbonyl (C=O) groups is 1. The molecule has 4 heteroatoms. The minimum atomic E-state index is 0.359. The molecule has 2 atom stereocenters. The topological polar surface area (TPSA) is 32.3 Å². The molecule has 2 heterocycles. The smallest absolute Gasteiger partial charge is 0.233 e. The molecule has 0 spiro atoms. The molecule has 0 aromatic carbocycles. The molecule has 104 valence electrons. The quantitative estimate of drug-likeness (QED) is 0.854. The lowest BCUT2D eigenvalue weighted by molar-refractivity contribution is -0.134. The number of hydrogen-bond donors (Lipinski definition) is 1. The van der Waals surface area contributed by atoms with Gasteiger partial charge in [0, 0.05) is 17.3 Å². The van der Waals surface area contributed by atoms with E-state index in [9.17, 15) is 4.79 Å². The van der Waals surface area contributed by atoms with E-state index in [1.807, 2.05) is 11.8 Å². The molecule has 1 N–H and O–H groups in total. The van der Waals surface area contributed by atoms with E-state index < -0.39 is 0 Å². The van der Waals surface area contributed by atoms with Crippen LogP contribution in [-0.4, -0.2) is 47.0 Å². The summed E-state index contributed by atoms with van der Waals surface area (Å²) in [7, 11) is 0. The number of likely N-dealkylation sites (tertiary alicyclic amines) is 1. The monoisotopic (exact) mass is 270 g/mol. The van der Waals surface area contributed by atoms with Gasteiger partial charge in [0.2, 0.25) is 5.91 Å². The highest BCUT2D eigenvalue weighted by molar-refractivity contribution is 8.00. The molecule has 2 aliphatic heterocycles. The summed E-state index contributed by atoms with van der Waals surface area (Å²) in [5.41, 5.74) is 0. The summed E-state index contributed by atoms with van der Waals surface area (Å²) in [6.07, 6.45) is 6.04. The number of nitrogens with zero attached hydrogens (tertiary/aromatic N) is 1. The normalized spacial score (nSPS) is 30.4. The summed E-state index contributed by atoms with van der Waals surface area (Å²) in [5.74, 6) is 1.04. The van der Waals surface area contributed by atoms with E-state index in [0.717, 1.165) is 13.1 Å². The number of amides is 1. The van der Waals surface area contributed by atoms with Gasteiger partial charge in [-0.15, -0.1) is 11.8 Å². The highest BCUT2D eigenvalue weighted by Crippen LogP contribution is 2.25. The second-order valence-corrected chi connectivity index (χ2v) is 6.98. The van der Waals surface area contributed by atoms with Crippen LogP contribution in [-0.2, 0) is 4.79 Å². The summed E-state index contributed by atoms with van der Waals surface area (Å²) in [4.78, 5) is 14.5. The van der Waals surface area contributed by atoms with Gasteiger partial charge in [-0.25, -0.2) is 0 Å². The van der Waals surface area contributed by atoms with Crippen molar-refractivity contribution < 1.29 is 4.79 Å². The lowest BCUT2D eigenvalue weighted by Gasteiger charge is -2.39. The number of thioether (sulfide) groups is 1. The molecule has 0 aromatic rings. The lowest BCUT2D eigenvalue weighted by Crippen LogP contribution is -2.48. The van der Waals surface area contributed by atoms with Gasteiger partial charge in [0.05, 0.1) is 5.75 Å². The third-order valence-electron chi connectivity index (χ3n) is 4.21. The van der Waals surface area contributed by atoms with Gasteiger partial charge < -0.3 is 10.2 Å². The van der Waals surface area contributed by atoms with Crippen molar-refractivity contribution in [2.24, 2.45) is 0 Å². The Kier molecular flexibility index (Phi) is 5.37. The number of rotatable bonds is 3. The minimum absolute atomic E-state index is 0.359. The number of hydrogen-bond acceptors (Lipinski definition) is 3. The average molecular weight is 270 g/mol. The predicted molar refractivity (Wildman–Crippen MR) is 78.0 cm³/mol. The SMILES string of the molecule is C[C@@H]1CCC[C@H](C)N1C(=O)CSC1CCNCC1. The molecule has 0 unspecified atom stereocenters. The first-order valence-electron chi connectivity index (χ1n) is 7.32. The third-order valence-corrected chi connectivity index (χ3v) is 5.57. The van der Waals surface area contributed by atoms with Crippen LogP contribution in [0.3, 0.4) is 0 Å². The number of nitrogens with one attached hydrogen (secondary N) is 1. The molecule has 2 aliphatic rings. The molecule has 3 nitrogen and oxygen atoms in total. The van der Waals surface area contributed by atoms with Crippen LogP contribution in [0.4, 0.5) is 0 Å².